The maximum absolute atomic E-state index is 12.8. The number of hydrogen-bond donors (Lipinski definition) is 6. The Hall–Kier alpha value is -9.16. The summed E-state index contributed by atoms with van der Waals surface area (Å²) in [5.74, 6) is 1.63. The van der Waals surface area contributed by atoms with Gasteiger partial charge in [-0.3, -0.25) is 25.0 Å². The number of carbonyl (C=O) groups excluding carboxylic acids is 1. The average Bonchev–Trinajstić information content (AvgIpc) is 4.26. The molecule has 412 valence electrons. The van der Waals surface area contributed by atoms with E-state index in [9.17, 15) is 29.8 Å². The van der Waals surface area contributed by atoms with E-state index < -0.39 is 15.8 Å². The summed E-state index contributed by atoms with van der Waals surface area (Å²) in [7, 11) is 0. The number of carboxylic acids is 1. The van der Waals surface area contributed by atoms with Gasteiger partial charge in [-0.05, 0) is 72.4 Å². The van der Waals surface area contributed by atoms with Gasteiger partial charge < -0.3 is 41.6 Å². The monoisotopic (exact) mass is 1080 g/mol. The molecule has 0 spiro atoms. The van der Waals surface area contributed by atoms with Crippen molar-refractivity contribution in [3.05, 3.63) is 169 Å². The molecule has 2 saturated heterocycles. The molecular weight excluding hydrogens is 1010 g/mol. The van der Waals surface area contributed by atoms with Crippen molar-refractivity contribution in [3.63, 3.8) is 0 Å². The van der Waals surface area contributed by atoms with E-state index in [1.807, 2.05) is 60.9 Å². The molecule has 0 atom stereocenters. The highest BCUT2D eigenvalue weighted by Gasteiger charge is 2.22. The Labute approximate surface area is 454 Å². The Morgan fingerprint density at radius 1 is 0.633 bits per heavy atom. The molecule has 6 heterocycles. The minimum Gasteiger partial charge on any atom is -0.478 e. The summed E-state index contributed by atoms with van der Waals surface area (Å²) >= 11 is 0. The van der Waals surface area contributed by atoms with E-state index in [0.717, 1.165) is 103 Å². The van der Waals surface area contributed by atoms with Gasteiger partial charge in [-0.2, -0.15) is 39.2 Å². The van der Waals surface area contributed by atoms with Gasteiger partial charge in [0.1, 0.15) is 0 Å². The van der Waals surface area contributed by atoms with Crippen LogP contribution < -0.4 is 27.0 Å². The van der Waals surface area contributed by atoms with Crippen molar-refractivity contribution in [2.75, 3.05) is 53.4 Å². The minimum absolute atomic E-state index is 0.0794. The number of nitrogen functional groups attached to an aromatic ring is 1. The maximum Gasteiger partial charge on any atom is 0.335 e. The fourth-order valence-corrected chi connectivity index (χ4v) is 8.76. The zero-order valence-corrected chi connectivity index (χ0v) is 44.2. The van der Waals surface area contributed by atoms with Crippen LogP contribution in [-0.4, -0.2) is 104 Å². The number of nitro benzene ring substituents is 2. The zero-order chi connectivity index (χ0) is 56.0. The zero-order valence-electron chi connectivity index (χ0n) is 44.2. The normalized spacial score (nSPS) is 13.7. The molecule has 4 aromatic carbocycles. The SMILES string of the molecule is CC(C)c1cnn2c(NCc3cccc(CC(=O)c4cccc([N+](=O)[O-])c4)c3)nc(NC3CCOCC3)nc12.CC(C)c1cnn2c(NCc3cccc(N)c3)nc(NC3CCOCC3)nc12.O=C(O)c1cccc([N+](=O)[O-])c1. The van der Waals surface area contributed by atoms with Crippen LogP contribution in [0.2, 0.25) is 0 Å². The highest BCUT2D eigenvalue weighted by Crippen LogP contribution is 2.26. The van der Waals surface area contributed by atoms with Crippen molar-refractivity contribution >= 4 is 63.9 Å². The number of carbonyl (C=O) groups is 2. The fourth-order valence-electron chi connectivity index (χ4n) is 8.76. The van der Waals surface area contributed by atoms with E-state index in [1.165, 1.54) is 36.4 Å². The van der Waals surface area contributed by atoms with Crippen LogP contribution in [0.25, 0.3) is 11.3 Å². The molecule has 79 heavy (non-hydrogen) atoms. The van der Waals surface area contributed by atoms with Gasteiger partial charge in [0.2, 0.25) is 23.8 Å². The number of nitrogens with one attached hydrogen (secondary N) is 4. The molecule has 0 unspecified atom stereocenters. The number of ether oxygens (including phenoxy) is 2. The van der Waals surface area contributed by atoms with Gasteiger partial charge in [0, 0.05) is 105 Å². The van der Waals surface area contributed by atoms with E-state index in [0.29, 0.717) is 54.4 Å². The van der Waals surface area contributed by atoms with Gasteiger partial charge in [-0.15, -0.1) is 0 Å². The summed E-state index contributed by atoms with van der Waals surface area (Å²) < 4.78 is 14.4. The van der Waals surface area contributed by atoms with Gasteiger partial charge in [0.15, 0.2) is 17.1 Å². The largest absolute Gasteiger partial charge is 0.478 e. The molecule has 2 aliphatic rings. The first kappa shape index (κ1) is 56.1. The van der Waals surface area contributed by atoms with Gasteiger partial charge >= 0.3 is 5.97 Å². The second-order valence-electron chi connectivity index (χ2n) is 19.6. The molecule has 8 aromatic rings. The topological polar surface area (TPSA) is 319 Å². The molecule has 2 fully saturated rings. The number of aromatic carboxylic acids is 1. The molecule has 7 N–H and O–H groups in total. The van der Waals surface area contributed by atoms with Crippen LogP contribution in [0.15, 0.2) is 109 Å². The van der Waals surface area contributed by atoms with E-state index in [-0.39, 0.29) is 41.1 Å². The number of rotatable bonds is 18. The number of hydrogen-bond acceptors (Lipinski definition) is 19. The highest BCUT2D eigenvalue weighted by molar-refractivity contribution is 5.98. The second-order valence-corrected chi connectivity index (χ2v) is 19.6. The van der Waals surface area contributed by atoms with Crippen LogP contribution in [0.3, 0.4) is 0 Å². The third kappa shape index (κ3) is 15.1. The Bertz CT molecular complexity index is 3400. The highest BCUT2D eigenvalue weighted by atomic mass is 16.6. The van der Waals surface area contributed by atoms with E-state index in [4.69, 9.17) is 40.2 Å². The Morgan fingerprint density at radius 3 is 1.54 bits per heavy atom. The number of non-ortho nitro benzene ring substituents is 2. The first-order valence-electron chi connectivity index (χ1n) is 25.9. The van der Waals surface area contributed by atoms with Crippen molar-refractivity contribution in [1.82, 2.24) is 39.2 Å². The van der Waals surface area contributed by atoms with Crippen LogP contribution in [0.1, 0.15) is 114 Å². The minimum atomic E-state index is -1.17. The summed E-state index contributed by atoms with van der Waals surface area (Å²) in [5.41, 5.74) is 13.2. The molecule has 0 bridgehead atoms. The third-order valence-corrected chi connectivity index (χ3v) is 13.0. The fraction of sp³-hybridized carbons (Fsp3) is 0.345. The lowest BCUT2D eigenvalue weighted by Crippen LogP contribution is -2.29. The van der Waals surface area contributed by atoms with Crippen LogP contribution in [0, 0.1) is 20.2 Å². The van der Waals surface area contributed by atoms with Crippen molar-refractivity contribution in [2.45, 2.75) is 96.8 Å². The molecule has 0 aliphatic carbocycles. The van der Waals surface area contributed by atoms with Crippen molar-refractivity contribution in [3.8, 4) is 0 Å². The van der Waals surface area contributed by atoms with Crippen LogP contribution in [0.5, 0.6) is 0 Å². The number of fused-ring (bicyclic) bond motifs is 2. The summed E-state index contributed by atoms with van der Waals surface area (Å²) in [4.78, 5) is 62.2. The molecule has 24 heteroatoms. The molecule has 24 nitrogen and oxygen atoms in total. The van der Waals surface area contributed by atoms with E-state index in [1.54, 1.807) is 15.1 Å². The van der Waals surface area contributed by atoms with E-state index in [2.05, 4.69) is 59.2 Å². The molecule has 10 rings (SSSR count). The molecular formula is C55H63N15O9. The van der Waals surface area contributed by atoms with Crippen LogP contribution in [0.4, 0.5) is 40.9 Å². The number of anilines is 5. The number of nitro groups is 2. The number of benzene rings is 4. The molecule has 2 aliphatic heterocycles. The van der Waals surface area contributed by atoms with Gasteiger partial charge in [0.05, 0.1) is 27.8 Å². The molecule has 0 amide bonds. The maximum atomic E-state index is 12.8. The predicted molar refractivity (Wildman–Crippen MR) is 298 cm³/mol. The summed E-state index contributed by atoms with van der Waals surface area (Å²) in [6.07, 6.45) is 7.55. The number of nitrogens with zero attached hydrogens (tertiary/aromatic N) is 10. The Kier molecular flexibility index (Phi) is 18.6. The smallest absolute Gasteiger partial charge is 0.335 e. The lowest BCUT2D eigenvalue weighted by molar-refractivity contribution is -0.385. The summed E-state index contributed by atoms with van der Waals surface area (Å²) in [6, 6.07) is 26.8. The number of aromatic nitrogens is 8. The number of Topliss-reactive ketones (excluding diaryl/α,β-unsaturated/α-hetero) is 1. The second kappa shape index (κ2) is 26.3. The van der Waals surface area contributed by atoms with Crippen molar-refractivity contribution in [2.24, 2.45) is 0 Å². The summed E-state index contributed by atoms with van der Waals surface area (Å²) in [5, 5.41) is 52.5. The van der Waals surface area contributed by atoms with E-state index >= 15 is 0 Å². The Balaban J connectivity index is 0.000000178. The van der Waals surface area contributed by atoms with Gasteiger partial charge in [-0.1, -0.05) is 82.3 Å². The quantitative estimate of drug-likeness (QED) is 0.0202. The average molecular weight is 1080 g/mol. The number of ketones is 1. The third-order valence-electron chi connectivity index (χ3n) is 13.0. The predicted octanol–water partition coefficient (Wildman–Crippen LogP) is 9.11. The van der Waals surface area contributed by atoms with Crippen LogP contribution >= 0.6 is 0 Å². The molecule has 0 saturated carbocycles. The number of nitrogens with two attached hydrogens (primary N) is 1. The first-order valence-corrected chi connectivity index (χ1v) is 25.9. The summed E-state index contributed by atoms with van der Waals surface area (Å²) in [6.45, 7) is 12.5. The first-order chi connectivity index (χ1) is 38.1. The van der Waals surface area contributed by atoms with Crippen molar-refractivity contribution < 1.29 is 34.0 Å². The Morgan fingerprint density at radius 2 is 1.08 bits per heavy atom. The van der Waals surface area contributed by atoms with Crippen LogP contribution in [-0.2, 0) is 29.0 Å². The van der Waals surface area contributed by atoms with Gasteiger partial charge in [0.25, 0.3) is 11.4 Å². The van der Waals surface area contributed by atoms with Crippen molar-refractivity contribution in [1.29, 1.82) is 0 Å². The number of carboxylic acid groups (broad SMARTS) is 1. The molecule has 0 radical (unpaired) electrons. The lowest BCUT2D eigenvalue weighted by atomic mass is 10.0. The standard InChI is InChI=1S/C28H31N7O4.C20H27N7O.C7H5NO4/c1-18(2)24-17-30-34-26(24)32-27(31-22-9-11-39-12-10-22)33-28(34)29-16-20-6-3-5-19(13-20)14-25(36)21-7-4-8-23(15-21)35(37)38;1-13(2)17-12-23-27-18(17)25-19(24-16-6-8-28-9-7-16)26-20(27)22-11-14-4-3-5-15(21)10-14;9-7(10)5-2-1-3-6(4-5)8(11)12/h3-8,13,15,17-18,22H,9-12,14,16H2,1-2H3,(H2,29,31,32,33);3-5,10,12-13,16H,6-9,11,21H2,1-2H3,(H2,22,24,25,26);1-4H,(H,9,10). The van der Waals surface area contributed by atoms with Gasteiger partial charge in [-0.25, -0.2) is 4.79 Å². The lowest BCUT2D eigenvalue weighted by Gasteiger charge is -2.23. The molecule has 4 aromatic heterocycles.